The maximum atomic E-state index is 13.6. The molecule has 1 spiro atoms. The Kier molecular flexibility index (Phi) is 6.68. The number of aryl methyl sites for hydroxylation is 1. The number of piperidine rings is 1. The molecule has 3 aliphatic rings. The Morgan fingerprint density at radius 3 is 2.47 bits per heavy atom. The van der Waals surface area contributed by atoms with Gasteiger partial charge in [-0.1, -0.05) is 30.3 Å². The predicted molar refractivity (Wildman–Crippen MR) is 154 cm³/mol. The summed E-state index contributed by atoms with van der Waals surface area (Å²) in [6.07, 6.45) is 4.06. The van der Waals surface area contributed by atoms with E-state index in [9.17, 15) is 18.7 Å². The Morgan fingerprint density at radius 2 is 1.77 bits per heavy atom. The van der Waals surface area contributed by atoms with Crippen molar-refractivity contribution in [3.05, 3.63) is 83.6 Å². The van der Waals surface area contributed by atoms with Gasteiger partial charge in [0.05, 0.1) is 24.9 Å². The van der Waals surface area contributed by atoms with Crippen LogP contribution in [0.5, 0.6) is 5.75 Å². The van der Waals surface area contributed by atoms with Crippen LogP contribution in [0, 0.1) is 18.8 Å². The highest BCUT2D eigenvalue weighted by atomic mass is 19.1. The van der Waals surface area contributed by atoms with E-state index >= 15 is 0 Å². The summed E-state index contributed by atoms with van der Waals surface area (Å²) in [7, 11) is 0. The fourth-order valence-corrected chi connectivity index (χ4v) is 6.37. The molecule has 1 aromatic carbocycles. The van der Waals surface area contributed by atoms with Crippen LogP contribution in [0.1, 0.15) is 48.7 Å². The minimum Gasteiger partial charge on any atom is -0.491 e. The lowest BCUT2D eigenvalue weighted by Gasteiger charge is -2.39. The molecule has 0 radical (unpaired) electrons. The molecule has 224 valence electrons. The van der Waals surface area contributed by atoms with Gasteiger partial charge >= 0.3 is 6.03 Å². The molecule has 10 nitrogen and oxygen atoms in total. The number of rotatable bonds is 8. The van der Waals surface area contributed by atoms with E-state index in [4.69, 9.17) is 4.74 Å². The number of urea groups is 1. The molecule has 5 heterocycles. The van der Waals surface area contributed by atoms with Crippen molar-refractivity contribution in [2.75, 3.05) is 37.7 Å². The quantitative estimate of drug-likeness (QED) is 0.300. The van der Waals surface area contributed by atoms with Gasteiger partial charge in [0.2, 0.25) is 11.9 Å². The van der Waals surface area contributed by atoms with Crippen molar-refractivity contribution in [2.24, 2.45) is 0 Å². The number of ether oxygens (including phenoxy) is 1. The number of halogens is 2. The first-order valence-electron chi connectivity index (χ1n) is 14.6. The van der Waals surface area contributed by atoms with Crippen LogP contribution in [0.3, 0.4) is 0 Å². The summed E-state index contributed by atoms with van der Waals surface area (Å²) in [6, 6.07) is 14.5. The van der Waals surface area contributed by atoms with Crippen LogP contribution in [0.25, 0.3) is 5.65 Å². The lowest BCUT2D eigenvalue weighted by molar-refractivity contribution is 0.121. The van der Waals surface area contributed by atoms with Crippen LogP contribution < -0.4 is 15.0 Å². The summed E-state index contributed by atoms with van der Waals surface area (Å²) < 4.78 is 35.1. The molecule has 4 aromatic rings. The second kappa shape index (κ2) is 10.4. The molecule has 3 aromatic heterocycles. The van der Waals surface area contributed by atoms with Crippen molar-refractivity contribution < 1.29 is 23.4 Å². The number of hydrogen-bond donors (Lipinski definition) is 2. The molecule has 1 saturated carbocycles. The van der Waals surface area contributed by atoms with E-state index in [0.29, 0.717) is 56.2 Å². The number of carbonyl (C=O) groups excluding carboxylic acids is 1. The van der Waals surface area contributed by atoms with Crippen LogP contribution in [0.2, 0.25) is 0 Å². The van der Waals surface area contributed by atoms with E-state index < -0.39 is 23.5 Å². The number of pyridine rings is 2. The Hall–Kier alpha value is -4.32. The zero-order valence-corrected chi connectivity index (χ0v) is 23.8. The van der Waals surface area contributed by atoms with E-state index in [1.54, 1.807) is 15.6 Å². The molecular formula is C31H33F2N7O3. The fraction of sp³-hybridized carbons (Fsp3) is 0.419. The van der Waals surface area contributed by atoms with Crippen LogP contribution in [-0.2, 0) is 5.41 Å². The summed E-state index contributed by atoms with van der Waals surface area (Å²) in [5.41, 5.74) is 2.77. The molecule has 2 aliphatic heterocycles. The molecule has 1 aliphatic carbocycles. The number of fused-ring (bicyclic) bond motifs is 1. The topological polar surface area (TPSA) is 108 Å². The first-order chi connectivity index (χ1) is 20.7. The molecule has 1 unspecified atom stereocenters. The number of aromatic nitrogens is 4. The third-order valence-corrected chi connectivity index (χ3v) is 9.04. The zero-order valence-electron chi connectivity index (χ0n) is 23.8. The van der Waals surface area contributed by atoms with Gasteiger partial charge in [0.1, 0.15) is 11.9 Å². The number of anilines is 1. The van der Waals surface area contributed by atoms with E-state index in [1.165, 1.54) is 17.7 Å². The second-order valence-corrected chi connectivity index (χ2v) is 12.1. The number of nitrogens with one attached hydrogen (secondary N) is 1. The number of amides is 2. The number of benzene rings is 1. The highest BCUT2D eigenvalue weighted by Crippen LogP contribution is 2.48. The second-order valence-electron chi connectivity index (χ2n) is 12.1. The SMILES string of the molecule is Cc1cc(OCC2(c3ccccc3)CC2)cn2nc(C(O)CN3CC4(CCN(c5cc(F)nc(F)c5)CC4)NC3=O)nc12. The van der Waals surface area contributed by atoms with E-state index in [-0.39, 0.29) is 23.8 Å². The van der Waals surface area contributed by atoms with Crippen molar-refractivity contribution in [3.8, 4) is 5.75 Å². The number of aliphatic hydroxyl groups is 1. The van der Waals surface area contributed by atoms with E-state index in [2.05, 4.69) is 44.6 Å². The monoisotopic (exact) mass is 589 g/mol. The number of aliphatic hydroxyl groups excluding tert-OH is 1. The first kappa shape index (κ1) is 27.5. The van der Waals surface area contributed by atoms with Gasteiger partial charge in [-0.3, -0.25) is 0 Å². The van der Waals surface area contributed by atoms with Crippen LogP contribution >= 0.6 is 0 Å². The number of nitrogens with zero attached hydrogens (tertiary/aromatic N) is 6. The van der Waals surface area contributed by atoms with Gasteiger partial charge in [-0.2, -0.15) is 13.8 Å². The third kappa shape index (κ3) is 5.35. The highest BCUT2D eigenvalue weighted by molar-refractivity contribution is 5.78. The molecule has 3 fully saturated rings. The van der Waals surface area contributed by atoms with Crippen molar-refractivity contribution in [1.29, 1.82) is 0 Å². The molecule has 0 bridgehead atoms. The van der Waals surface area contributed by atoms with Crippen LogP contribution in [0.4, 0.5) is 19.3 Å². The van der Waals surface area contributed by atoms with E-state index in [1.807, 2.05) is 24.0 Å². The van der Waals surface area contributed by atoms with Gasteiger partial charge < -0.3 is 25.0 Å². The molecule has 2 N–H and O–H groups in total. The summed E-state index contributed by atoms with van der Waals surface area (Å²) >= 11 is 0. The number of carbonyl (C=O) groups is 1. The molecule has 43 heavy (non-hydrogen) atoms. The summed E-state index contributed by atoms with van der Waals surface area (Å²) in [5.74, 6) is -0.811. The van der Waals surface area contributed by atoms with Crippen molar-refractivity contribution in [3.63, 3.8) is 0 Å². The van der Waals surface area contributed by atoms with E-state index in [0.717, 1.165) is 18.4 Å². The molecule has 1 atom stereocenters. The van der Waals surface area contributed by atoms with Crippen LogP contribution in [0.15, 0.2) is 54.7 Å². The Labute approximate surface area is 247 Å². The minimum atomic E-state index is -1.08. The molecule has 2 saturated heterocycles. The smallest absolute Gasteiger partial charge is 0.318 e. The van der Waals surface area contributed by atoms with Gasteiger partial charge in [0.15, 0.2) is 11.5 Å². The number of hydrogen-bond acceptors (Lipinski definition) is 7. The lowest BCUT2D eigenvalue weighted by atomic mass is 9.88. The van der Waals surface area contributed by atoms with Gasteiger partial charge in [-0.25, -0.2) is 14.3 Å². The minimum absolute atomic E-state index is 0.0386. The Morgan fingerprint density at radius 1 is 1.05 bits per heavy atom. The standard InChI is InChI=1S/C31H33F2N7O3/c1-20-13-23(43-19-30(7-8-30)21-5-3-2-4-6-21)16-40-28(20)35-27(37-40)24(41)17-39-18-31(36-29(39)42)9-11-38(12-10-31)22-14-25(32)34-26(33)15-22/h2-6,13-16,24,41H,7-12,17-19H2,1H3,(H,36,42). The Bertz CT molecular complexity index is 1650. The fourth-order valence-electron chi connectivity index (χ4n) is 6.37. The average molecular weight is 590 g/mol. The van der Waals surface area contributed by atoms with Crippen molar-refractivity contribution in [2.45, 2.75) is 49.7 Å². The normalized spacial score (nSPS) is 19.6. The van der Waals surface area contributed by atoms with Crippen LogP contribution in [-0.4, -0.2) is 73.9 Å². The predicted octanol–water partition coefficient (Wildman–Crippen LogP) is 3.92. The Balaban J connectivity index is 0.990. The third-order valence-electron chi connectivity index (χ3n) is 9.04. The molecular weight excluding hydrogens is 556 g/mol. The largest absolute Gasteiger partial charge is 0.491 e. The zero-order chi connectivity index (χ0) is 29.8. The maximum Gasteiger partial charge on any atom is 0.318 e. The van der Waals surface area contributed by atoms with Gasteiger partial charge in [0.25, 0.3) is 0 Å². The summed E-state index contributed by atoms with van der Waals surface area (Å²) in [6.45, 7) is 3.98. The highest BCUT2D eigenvalue weighted by Gasteiger charge is 2.46. The first-order valence-corrected chi connectivity index (χ1v) is 14.6. The molecule has 2 amide bonds. The summed E-state index contributed by atoms with van der Waals surface area (Å²) in [5, 5.41) is 18.7. The average Bonchev–Trinajstić information content (AvgIpc) is 3.56. The van der Waals surface area contributed by atoms with Gasteiger partial charge in [-0.05, 0) is 49.8 Å². The molecule has 7 rings (SSSR count). The summed E-state index contributed by atoms with van der Waals surface area (Å²) in [4.78, 5) is 24.1. The molecule has 12 heteroatoms. The number of β-amino-alcohol motifs (C(OH)–C–C–N with tert-alkyl or cyclic N) is 1. The van der Waals surface area contributed by atoms with Crippen molar-refractivity contribution >= 4 is 17.4 Å². The maximum absolute atomic E-state index is 13.6. The van der Waals surface area contributed by atoms with Gasteiger partial charge in [0, 0.05) is 42.9 Å². The van der Waals surface area contributed by atoms with Crippen molar-refractivity contribution in [1.82, 2.24) is 29.8 Å². The van der Waals surface area contributed by atoms with Gasteiger partial charge in [-0.15, -0.1) is 5.10 Å². The lowest BCUT2D eigenvalue weighted by Crippen LogP contribution is -2.52.